The van der Waals surface area contributed by atoms with E-state index in [0.717, 1.165) is 31.2 Å². The van der Waals surface area contributed by atoms with Crippen LogP contribution in [0.25, 0.3) is 0 Å². The van der Waals surface area contributed by atoms with E-state index in [-0.39, 0.29) is 6.61 Å². The lowest BCUT2D eigenvalue weighted by molar-refractivity contribution is -0.146. The number of unbranched alkanes of at least 4 members (excludes halogenated alkanes) is 3. The molecule has 1 aromatic rings. The fourth-order valence-electron chi connectivity index (χ4n) is 2.25. The molecule has 0 fully saturated rings. The van der Waals surface area contributed by atoms with Crippen LogP contribution in [-0.2, 0) is 25.4 Å². The summed E-state index contributed by atoms with van der Waals surface area (Å²) in [6, 6.07) is 8.71. The van der Waals surface area contributed by atoms with E-state index in [4.69, 9.17) is 14.2 Å². The lowest BCUT2D eigenvalue weighted by Crippen LogP contribution is -2.44. The van der Waals surface area contributed by atoms with Crippen LogP contribution >= 0.6 is 0 Å². The van der Waals surface area contributed by atoms with Crippen LogP contribution < -0.4 is 5.32 Å². The number of amides is 1. The molecule has 1 N–H and O–H groups in total. The van der Waals surface area contributed by atoms with E-state index in [1.54, 1.807) is 0 Å². The van der Waals surface area contributed by atoms with Gasteiger partial charge in [-0.1, -0.05) is 56.5 Å². The average molecular weight is 351 g/mol. The second-order valence-corrected chi connectivity index (χ2v) is 5.74. The third-order valence-electron chi connectivity index (χ3n) is 3.62. The number of ether oxygens (including phenoxy) is 3. The molecule has 6 heteroatoms. The third-order valence-corrected chi connectivity index (χ3v) is 3.62. The normalized spacial score (nSPS) is 11.6. The molecule has 0 bridgehead atoms. The number of methoxy groups -OCH3 is 1. The van der Waals surface area contributed by atoms with E-state index in [9.17, 15) is 9.59 Å². The van der Waals surface area contributed by atoms with Crippen molar-refractivity contribution in [1.82, 2.24) is 5.32 Å². The fraction of sp³-hybridized carbons (Fsp3) is 0.579. The molecule has 0 heterocycles. The molecule has 1 amide bonds. The maximum Gasteiger partial charge on any atom is 0.407 e. The first-order valence-corrected chi connectivity index (χ1v) is 8.80. The highest BCUT2D eigenvalue weighted by Gasteiger charge is 2.23. The fourth-order valence-corrected chi connectivity index (χ4v) is 2.25. The molecule has 0 spiro atoms. The van der Waals surface area contributed by atoms with E-state index < -0.39 is 18.1 Å². The maximum absolute atomic E-state index is 12.3. The van der Waals surface area contributed by atoms with Crippen molar-refractivity contribution in [2.24, 2.45) is 0 Å². The van der Waals surface area contributed by atoms with E-state index >= 15 is 0 Å². The minimum atomic E-state index is -0.774. The Morgan fingerprint density at radius 1 is 1.00 bits per heavy atom. The summed E-state index contributed by atoms with van der Waals surface area (Å²) in [5.74, 6) is -0.441. The van der Waals surface area contributed by atoms with Crippen molar-refractivity contribution in [3.63, 3.8) is 0 Å². The topological polar surface area (TPSA) is 73.9 Å². The first-order chi connectivity index (χ1) is 12.2. The average Bonchev–Trinajstić information content (AvgIpc) is 2.62. The Hall–Kier alpha value is -2.08. The zero-order valence-corrected chi connectivity index (χ0v) is 15.2. The van der Waals surface area contributed by atoms with Crippen molar-refractivity contribution in [2.75, 3.05) is 26.9 Å². The summed E-state index contributed by atoms with van der Waals surface area (Å²) in [7, 11) is 1.52. The summed E-state index contributed by atoms with van der Waals surface area (Å²) in [6.07, 6.45) is 3.80. The molecule has 0 aliphatic carbocycles. The zero-order valence-electron chi connectivity index (χ0n) is 15.2. The minimum Gasteiger partial charge on any atom is -0.464 e. The van der Waals surface area contributed by atoms with Crippen LogP contribution in [0.5, 0.6) is 0 Å². The van der Waals surface area contributed by atoms with Crippen LogP contribution in [0.15, 0.2) is 30.3 Å². The van der Waals surface area contributed by atoms with Crippen LogP contribution in [0.3, 0.4) is 0 Å². The standard InChI is InChI=1S/C19H29NO5/c1-3-4-5-9-12-24-18(21)17(15-16-10-7-6-8-11-16)20-19(22)25-14-13-23-2/h6-8,10-11,17H,3-5,9,12-15H2,1-2H3,(H,20,22). The van der Waals surface area contributed by atoms with Gasteiger partial charge in [0.15, 0.2) is 0 Å². The van der Waals surface area contributed by atoms with Gasteiger partial charge in [0.25, 0.3) is 0 Å². The van der Waals surface area contributed by atoms with Crippen LogP contribution in [0.2, 0.25) is 0 Å². The molecule has 140 valence electrons. The van der Waals surface area contributed by atoms with E-state index in [2.05, 4.69) is 12.2 Å². The molecular weight excluding hydrogens is 322 g/mol. The molecule has 0 aliphatic heterocycles. The minimum absolute atomic E-state index is 0.131. The van der Waals surface area contributed by atoms with E-state index in [1.807, 2.05) is 30.3 Å². The Bertz CT molecular complexity index is 492. The summed E-state index contributed by atoms with van der Waals surface area (Å²) in [5.41, 5.74) is 0.938. The van der Waals surface area contributed by atoms with Gasteiger partial charge in [-0.15, -0.1) is 0 Å². The number of hydrogen-bond donors (Lipinski definition) is 1. The van der Waals surface area contributed by atoms with Crippen molar-refractivity contribution in [1.29, 1.82) is 0 Å². The van der Waals surface area contributed by atoms with Crippen LogP contribution in [0.4, 0.5) is 4.79 Å². The highest BCUT2D eigenvalue weighted by Crippen LogP contribution is 2.06. The van der Waals surface area contributed by atoms with Gasteiger partial charge in [-0.2, -0.15) is 0 Å². The zero-order chi connectivity index (χ0) is 18.3. The quantitative estimate of drug-likeness (QED) is 0.463. The molecule has 1 rings (SSSR count). The Labute approximate surface area is 149 Å². The van der Waals surface area contributed by atoms with E-state index in [1.165, 1.54) is 7.11 Å². The Morgan fingerprint density at radius 3 is 2.44 bits per heavy atom. The number of carbonyl (C=O) groups excluding carboxylic acids is 2. The highest BCUT2D eigenvalue weighted by molar-refractivity contribution is 5.81. The number of rotatable bonds is 12. The highest BCUT2D eigenvalue weighted by atomic mass is 16.6. The molecule has 0 radical (unpaired) electrons. The van der Waals surface area contributed by atoms with Gasteiger partial charge in [0.05, 0.1) is 13.2 Å². The second-order valence-electron chi connectivity index (χ2n) is 5.74. The first-order valence-electron chi connectivity index (χ1n) is 8.80. The molecule has 1 atom stereocenters. The largest absolute Gasteiger partial charge is 0.464 e. The monoisotopic (exact) mass is 351 g/mol. The van der Waals surface area contributed by atoms with Gasteiger partial charge in [0.2, 0.25) is 0 Å². The van der Waals surface area contributed by atoms with Gasteiger partial charge in [-0.3, -0.25) is 0 Å². The van der Waals surface area contributed by atoms with Gasteiger partial charge in [-0.25, -0.2) is 9.59 Å². The van der Waals surface area contributed by atoms with Gasteiger partial charge in [0.1, 0.15) is 12.6 Å². The third kappa shape index (κ3) is 9.72. The van der Waals surface area contributed by atoms with Crippen molar-refractivity contribution in [3.8, 4) is 0 Å². The number of nitrogens with one attached hydrogen (secondary N) is 1. The van der Waals surface area contributed by atoms with Crippen molar-refractivity contribution in [2.45, 2.75) is 45.1 Å². The summed E-state index contributed by atoms with van der Waals surface area (Å²) >= 11 is 0. The first kappa shape index (κ1) is 21.0. The molecule has 1 aromatic carbocycles. The molecule has 0 saturated heterocycles. The van der Waals surface area contributed by atoms with Gasteiger partial charge < -0.3 is 19.5 Å². The SMILES string of the molecule is CCCCCCOC(=O)C(Cc1ccccc1)NC(=O)OCCOC. The van der Waals surface area contributed by atoms with Crippen molar-refractivity contribution in [3.05, 3.63) is 35.9 Å². The molecule has 0 saturated carbocycles. The van der Waals surface area contributed by atoms with Gasteiger partial charge in [-0.05, 0) is 12.0 Å². The summed E-state index contributed by atoms with van der Waals surface area (Å²) in [5, 5.41) is 2.58. The lowest BCUT2D eigenvalue weighted by Gasteiger charge is -2.18. The number of carbonyl (C=O) groups is 2. The second kappa shape index (κ2) is 13.2. The summed E-state index contributed by atoms with van der Waals surface area (Å²) in [6.45, 7) is 2.93. The molecular formula is C19H29NO5. The van der Waals surface area contributed by atoms with E-state index in [0.29, 0.717) is 19.6 Å². The number of benzene rings is 1. The predicted octanol–water partition coefficient (Wildman–Crippen LogP) is 3.09. The van der Waals surface area contributed by atoms with Gasteiger partial charge >= 0.3 is 12.1 Å². The Kier molecular flexibility index (Phi) is 11.1. The maximum atomic E-state index is 12.3. The van der Waals surface area contributed by atoms with Crippen LogP contribution in [0.1, 0.15) is 38.2 Å². The Morgan fingerprint density at radius 2 is 1.76 bits per heavy atom. The van der Waals surface area contributed by atoms with Gasteiger partial charge in [0, 0.05) is 13.5 Å². The molecule has 0 aliphatic rings. The predicted molar refractivity (Wildman–Crippen MR) is 95.4 cm³/mol. The number of esters is 1. The van der Waals surface area contributed by atoms with Crippen molar-refractivity contribution >= 4 is 12.1 Å². The van der Waals surface area contributed by atoms with Crippen LogP contribution in [-0.4, -0.2) is 45.0 Å². The smallest absolute Gasteiger partial charge is 0.407 e. The molecule has 6 nitrogen and oxygen atoms in total. The lowest BCUT2D eigenvalue weighted by atomic mass is 10.1. The van der Waals surface area contributed by atoms with Crippen LogP contribution in [0, 0.1) is 0 Å². The molecule has 25 heavy (non-hydrogen) atoms. The summed E-state index contributed by atoms with van der Waals surface area (Å²) in [4.78, 5) is 24.2. The summed E-state index contributed by atoms with van der Waals surface area (Å²) < 4.78 is 15.1. The number of hydrogen-bond acceptors (Lipinski definition) is 5. The van der Waals surface area contributed by atoms with Crippen molar-refractivity contribution < 1.29 is 23.8 Å². The molecule has 1 unspecified atom stereocenters. The number of alkyl carbamates (subject to hydrolysis) is 1. The molecule has 0 aromatic heterocycles. The Balaban J connectivity index is 2.54.